The number of rotatable bonds is 11. The fourth-order valence-corrected chi connectivity index (χ4v) is 5.26. The van der Waals surface area contributed by atoms with Gasteiger partial charge >= 0.3 is 11.9 Å². The Labute approximate surface area is 246 Å². The number of esters is 1. The predicted molar refractivity (Wildman–Crippen MR) is 154 cm³/mol. The molecule has 39 heavy (non-hydrogen) atoms. The number of amides is 1. The van der Waals surface area contributed by atoms with Gasteiger partial charge in [0.25, 0.3) is 5.91 Å². The summed E-state index contributed by atoms with van der Waals surface area (Å²) in [5.41, 5.74) is 4.50. The average Bonchev–Trinajstić information content (AvgIpc) is 2.86. The van der Waals surface area contributed by atoms with Gasteiger partial charge in [0.15, 0.2) is 18.3 Å². The quantitative estimate of drug-likeness (QED) is 0.120. The Morgan fingerprint density at radius 3 is 2.51 bits per heavy atom. The van der Waals surface area contributed by atoms with Gasteiger partial charge in [-0.25, -0.2) is 15.0 Å². The van der Waals surface area contributed by atoms with Crippen LogP contribution in [0, 0.1) is 0 Å². The van der Waals surface area contributed by atoms with Crippen molar-refractivity contribution in [1.29, 1.82) is 0 Å². The maximum absolute atomic E-state index is 12.7. The minimum Gasteiger partial charge on any atom is -0.483 e. The van der Waals surface area contributed by atoms with E-state index in [4.69, 9.17) is 31.5 Å². The predicted octanol–water partition coefficient (Wildman–Crippen LogP) is 3.56. The number of carboxylic acid groups (broad SMARTS) is 1. The summed E-state index contributed by atoms with van der Waals surface area (Å²) in [4.78, 5) is 35.8. The van der Waals surface area contributed by atoms with Crippen molar-refractivity contribution < 1.29 is 33.7 Å². The fourth-order valence-electron chi connectivity index (χ4n) is 3.54. The molecule has 206 valence electrons. The van der Waals surface area contributed by atoms with Crippen molar-refractivity contribution in [2.75, 3.05) is 19.8 Å². The molecular weight excluding hydrogens is 660 g/mol. The molecule has 1 aliphatic heterocycles. The SMILES string of the molecule is CCOC(=O)C1=C(C)NC(=S)N[C@H]1c1ccccc1OCC(=O)NN=Cc1cc(Br)c(OCC(=O)O)c(Br)c1. The zero-order valence-electron chi connectivity index (χ0n) is 20.7. The summed E-state index contributed by atoms with van der Waals surface area (Å²) in [6.45, 7) is 2.82. The van der Waals surface area contributed by atoms with Gasteiger partial charge < -0.3 is 30.0 Å². The Bertz CT molecular complexity index is 1330. The van der Waals surface area contributed by atoms with Gasteiger partial charge in [-0.15, -0.1) is 0 Å². The molecular formula is C25H24Br2N4O7S. The molecule has 1 aliphatic rings. The molecule has 3 rings (SSSR count). The molecule has 2 aromatic rings. The number of nitrogens with one attached hydrogen (secondary N) is 3. The van der Waals surface area contributed by atoms with Crippen molar-refractivity contribution in [2.45, 2.75) is 19.9 Å². The lowest BCUT2D eigenvalue weighted by Crippen LogP contribution is -2.45. The molecule has 0 unspecified atom stereocenters. The minimum absolute atomic E-state index is 0.210. The Morgan fingerprint density at radius 2 is 1.85 bits per heavy atom. The van der Waals surface area contributed by atoms with Crippen LogP contribution in [-0.2, 0) is 19.1 Å². The molecule has 4 N–H and O–H groups in total. The van der Waals surface area contributed by atoms with Crippen LogP contribution in [0.3, 0.4) is 0 Å². The summed E-state index contributed by atoms with van der Waals surface area (Å²) >= 11 is 11.9. The summed E-state index contributed by atoms with van der Waals surface area (Å²) in [7, 11) is 0. The lowest BCUT2D eigenvalue weighted by atomic mass is 9.95. The van der Waals surface area contributed by atoms with Crippen LogP contribution in [0.1, 0.15) is 31.0 Å². The maximum Gasteiger partial charge on any atom is 0.341 e. The number of aliphatic carboxylic acids is 1. The first kappa shape index (κ1) is 30.1. The summed E-state index contributed by atoms with van der Waals surface area (Å²) in [6, 6.07) is 9.63. The van der Waals surface area contributed by atoms with Gasteiger partial charge in [-0.2, -0.15) is 5.10 Å². The third-order valence-electron chi connectivity index (χ3n) is 5.12. The van der Waals surface area contributed by atoms with Crippen molar-refractivity contribution in [2.24, 2.45) is 5.10 Å². The topological polar surface area (TPSA) is 148 Å². The third kappa shape index (κ3) is 8.25. The number of carbonyl (C=O) groups is 3. The van der Waals surface area contributed by atoms with Gasteiger partial charge in [0.1, 0.15) is 11.5 Å². The molecule has 0 saturated heterocycles. The second kappa shape index (κ2) is 14.1. The molecule has 0 fully saturated rings. The van der Waals surface area contributed by atoms with Crippen LogP contribution in [0.4, 0.5) is 0 Å². The van der Waals surface area contributed by atoms with Crippen LogP contribution >= 0.6 is 44.1 Å². The number of benzene rings is 2. The molecule has 1 heterocycles. The standard InChI is InChI=1S/C25H24Br2N4O7S/c1-3-36-24(35)21-13(2)29-25(39)30-22(21)15-6-4-5-7-18(15)37-11-19(32)31-28-10-14-8-16(26)23(17(27)9-14)38-12-20(33)34/h4-10,22H,3,11-12H2,1-2H3,(H,31,32)(H,33,34)(H2,29,30,39)/t22-/m0/s1. The van der Waals surface area contributed by atoms with Crippen LogP contribution in [-0.4, -0.2) is 54.1 Å². The highest BCUT2D eigenvalue weighted by atomic mass is 79.9. The van der Waals surface area contributed by atoms with Gasteiger partial charge in [0, 0.05) is 11.3 Å². The average molecular weight is 684 g/mol. The molecule has 0 bridgehead atoms. The zero-order valence-corrected chi connectivity index (χ0v) is 24.7. The highest BCUT2D eigenvalue weighted by Crippen LogP contribution is 2.35. The molecule has 0 radical (unpaired) electrons. The van der Waals surface area contributed by atoms with Crippen LogP contribution in [0.25, 0.3) is 0 Å². The molecule has 11 nitrogen and oxygen atoms in total. The number of hydrogen-bond acceptors (Lipinski definition) is 8. The van der Waals surface area contributed by atoms with Crippen LogP contribution in [0.2, 0.25) is 0 Å². The smallest absolute Gasteiger partial charge is 0.341 e. The van der Waals surface area contributed by atoms with Gasteiger partial charge in [-0.05, 0) is 81.7 Å². The molecule has 0 aromatic heterocycles. The highest BCUT2D eigenvalue weighted by Gasteiger charge is 2.32. The Kier molecular flexibility index (Phi) is 10.8. The first-order valence-corrected chi connectivity index (χ1v) is 13.4. The van der Waals surface area contributed by atoms with Crippen LogP contribution in [0.15, 0.2) is 61.7 Å². The van der Waals surface area contributed by atoms with Crippen LogP contribution in [0.5, 0.6) is 11.5 Å². The number of thiocarbonyl (C=S) groups is 1. The van der Waals surface area contributed by atoms with Crippen molar-refractivity contribution >= 4 is 73.3 Å². The monoisotopic (exact) mass is 682 g/mol. The normalized spacial score (nSPS) is 14.9. The molecule has 0 saturated carbocycles. The van der Waals surface area contributed by atoms with Crippen molar-refractivity contribution in [3.8, 4) is 11.5 Å². The Balaban J connectivity index is 1.67. The number of ether oxygens (including phenoxy) is 3. The van der Waals surface area contributed by atoms with Gasteiger partial charge in [0.05, 0.1) is 33.4 Å². The number of nitrogens with zero attached hydrogens (tertiary/aromatic N) is 1. The third-order valence-corrected chi connectivity index (χ3v) is 6.51. The van der Waals surface area contributed by atoms with E-state index in [9.17, 15) is 14.4 Å². The fraction of sp³-hybridized carbons (Fsp3) is 0.240. The molecule has 14 heteroatoms. The van der Waals surface area contributed by atoms with Gasteiger partial charge in [-0.3, -0.25) is 4.79 Å². The van der Waals surface area contributed by atoms with E-state index in [1.54, 1.807) is 50.2 Å². The maximum atomic E-state index is 12.7. The Morgan fingerprint density at radius 1 is 1.15 bits per heavy atom. The first-order chi connectivity index (χ1) is 18.6. The number of halogens is 2. The van der Waals surface area contributed by atoms with E-state index < -0.39 is 30.5 Å². The van der Waals surface area contributed by atoms with E-state index in [0.717, 1.165) is 0 Å². The number of carboxylic acids is 1. The van der Waals surface area contributed by atoms with E-state index in [1.165, 1.54) is 6.21 Å². The zero-order chi connectivity index (χ0) is 28.5. The number of para-hydroxylation sites is 1. The number of allylic oxidation sites excluding steroid dienone is 1. The summed E-state index contributed by atoms with van der Waals surface area (Å²) < 4.78 is 17.2. The lowest BCUT2D eigenvalue weighted by molar-refractivity contribution is -0.140. The lowest BCUT2D eigenvalue weighted by Gasteiger charge is -2.30. The summed E-state index contributed by atoms with van der Waals surface area (Å²) in [6.07, 6.45) is 1.40. The summed E-state index contributed by atoms with van der Waals surface area (Å²) in [5.74, 6) is -1.42. The molecule has 1 atom stereocenters. The number of hydrogen-bond donors (Lipinski definition) is 4. The summed E-state index contributed by atoms with van der Waals surface area (Å²) in [5, 5.41) is 19.1. The molecule has 2 aromatic carbocycles. The second-order valence-corrected chi connectivity index (χ2v) is 10.0. The number of hydrazone groups is 1. The van der Waals surface area contributed by atoms with Crippen LogP contribution < -0.4 is 25.5 Å². The molecule has 1 amide bonds. The molecule has 0 spiro atoms. The largest absolute Gasteiger partial charge is 0.483 e. The van der Waals surface area contributed by atoms with Crippen molar-refractivity contribution in [3.05, 3.63) is 67.7 Å². The molecule has 0 aliphatic carbocycles. The van der Waals surface area contributed by atoms with Gasteiger partial charge in [0.2, 0.25) is 0 Å². The van der Waals surface area contributed by atoms with E-state index in [0.29, 0.717) is 48.0 Å². The van der Waals surface area contributed by atoms with E-state index in [-0.39, 0.29) is 13.2 Å². The van der Waals surface area contributed by atoms with E-state index in [1.807, 2.05) is 0 Å². The van der Waals surface area contributed by atoms with Crippen molar-refractivity contribution in [3.63, 3.8) is 0 Å². The Hall–Kier alpha value is -3.49. The van der Waals surface area contributed by atoms with Crippen molar-refractivity contribution in [1.82, 2.24) is 16.1 Å². The van der Waals surface area contributed by atoms with Gasteiger partial charge in [-0.1, -0.05) is 18.2 Å². The van der Waals surface area contributed by atoms with E-state index >= 15 is 0 Å². The highest BCUT2D eigenvalue weighted by molar-refractivity contribution is 9.11. The minimum atomic E-state index is -1.10. The number of carbonyl (C=O) groups excluding carboxylic acids is 2. The van der Waals surface area contributed by atoms with E-state index in [2.05, 4.69) is 53.0 Å². The second-order valence-electron chi connectivity index (χ2n) is 7.91. The first-order valence-electron chi connectivity index (χ1n) is 11.4.